The Labute approximate surface area is 463 Å². The van der Waals surface area contributed by atoms with Crippen LogP contribution in [0.5, 0.6) is 17.5 Å². The summed E-state index contributed by atoms with van der Waals surface area (Å²) >= 11 is 1.55. The molecule has 4 aromatic heterocycles. The number of nitrogen functional groups attached to an aromatic ring is 1. The van der Waals surface area contributed by atoms with E-state index in [1.54, 1.807) is 35.0 Å². The van der Waals surface area contributed by atoms with Crippen LogP contribution in [0.15, 0.2) is 89.0 Å². The second kappa shape index (κ2) is 23.8. The fourth-order valence-corrected chi connectivity index (χ4v) is 12.9. The van der Waals surface area contributed by atoms with E-state index in [1.165, 1.54) is 4.90 Å². The second-order valence-corrected chi connectivity index (χ2v) is 22.9. The van der Waals surface area contributed by atoms with E-state index >= 15 is 0 Å². The molecule has 2 bridgehead atoms. The predicted molar refractivity (Wildman–Crippen MR) is 298 cm³/mol. The van der Waals surface area contributed by atoms with E-state index in [2.05, 4.69) is 57.5 Å². The molecule has 418 valence electrons. The van der Waals surface area contributed by atoms with Crippen molar-refractivity contribution in [1.82, 2.24) is 40.4 Å². The largest absolute Gasteiger partial charge is 0.507 e. The predicted octanol–water partition coefficient (Wildman–Crippen LogP) is 6.52. The number of piperazine rings is 1. The van der Waals surface area contributed by atoms with Gasteiger partial charge in [-0.3, -0.25) is 14.5 Å². The number of para-hydroxylation sites is 1. The molecule has 6 N–H and O–H groups in total. The van der Waals surface area contributed by atoms with Crippen LogP contribution in [0.25, 0.3) is 21.7 Å². The molecule has 5 saturated heterocycles. The summed E-state index contributed by atoms with van der Waals surface area (Å²) in [7, 11) is 0. The van der Waals surface area contributed by atoms with Crippen LogP contribution in [0.3, 0.4) is 0 Å². The Hall–Kier alpha value is -6.91. The van der Waals surface area contributed by atoms with Crippen molar-refractivity contribution in [2.45, 2.75) is 127 Å². The van der Waals surface area contributed by atoms with E-state index in [4.69, 9.17) is 24.5 Å². The number of β-amino-alcohol motifs (C(OH)–C–C–N with tert-alkyl or cyclic N) is 1. The number of amides is 2. The smallest absolute Gasteiger partial charge is 0.254 e. The van der Waals surface area contributed by atoms with E-state index in [0.717, 1.165) is 98.6 Å². The number of pyridine rings is 1. The molecule has 12 rings (SSSR count). The molecule has 5 aliphatic heterocycles. The van der Waals surface area contributed by atoms with Crippen LogP contribution < -0.4 is 30.3 Å². The third kappa shape index (κ3) is 12.0. The van der Waals surface area contributed by atoms with Gasteiger partial charge in [-0.25, -0.2) is 9.97 Å². The minimum Gasteiger partial charge on any atom is -0.507 e. The molecule has 1 saturated carbocycles. The molecule has 6 fully saturated rings. The fourth-order valence-electron chi connectivity index (χ4n) is 12.1. The number of likely N-dealkylation sites (tertiary alicyclic amines) is 2. The summed E-state index contributed by atoms with van der Waals surface area (Å²) in [4.78, 5) is 46.7. The molecule has 79 heavy (non-hydrogen) atoms. The third-order valence-corrected chi connectivity index (χ3v) is 17.4. The van der Waals surface area contributed by atoms with Crippen molar-refractivity contribution in [3.05, 3.63) is 102 Å². The lowest BCUT2D eigenvalue weighted by Gasteiger charge is -2.46. The van der Waals surface area contributed by atoms with Gasteiger partial charge >= 0.3 is 0 Å². The van der Waals surface area contributed by atoms with Crippen LogP contribution in [0.1, 0.15) is 94.2 Å². The van der Waals surface area contributed by atoms with E-state index in [0.29, 0.717) is 47.4 Å². The first-order valence-electron chi connectivity index (χ1n) is 27.8. The lowest BCUT2D eigenvalue weighted by atomic mass is 9.91. The normalized spacial score (nSPS) is 23.3. The van der Waals surface area contributed by atoms with Crippen LogP contribution in [0, 0.1) is 12.8 Å². The number of benzene rings is 2. The molecule has 6 aromatic rings. The summed E-state index contributed by atoms with van der Waals surface area (Å²) in [6, 6.07) is 21.4. The lowest BCUT2D eigenvalue weighted by Crippen LogP contribution is -2.57. The highest BCUT2D eigenvalue weighted by Crippen LogP contribution is 2.40. The molecular formula is C58H71N11O9S. The summed E-state index contributed by atoms with van der Waals surface area (Å²) in [5.74, 6) is -0.0127. The summed E-state index contributed by atoms with van der Waals surface area (Å²) in [5, 5.41) is 47.3. The molecule has 6 atom stereocenters. The summed E-state index contributed by atoms with van der Waals surface area (Å²) < 4.78 is 24.8. The Kier molecular flexibility index (Phi) is 16.3. The number of aromatic hydroxyl groups is 1. The van der Waals surface area contributed by atoms with Crippen LogP contribution in [0.2, 0.25) is 0 Å². The van der Waals surface area contributed by atoms with Crippen molar-refractivity contribution in [2.75, 3.05) is 68.0 Å². The number of aliphatic hydroxyl groups excluding tert-OH is 2. The van der Waals surface area contributed by atoms with Crippen LogP contribution in [-0.2, 0) is 14.3 Å². The van der Waals surface area contributed by atoms with Gasteiger partial charge in [0, 0.05) is 100 Å². The van der Waals surface area contributed by atoms with Gasteiger partial charge in [0.2, 0.25) is 17.7 Å². The molecule has 2 amide bonds. The standard InChI is InChI=1S/C58H71N11O9S/c1-34(2)54(58(74)69-31-41(71)24-49(69)57(73)62-47(32-70)36-11-13-37(14-12-36)55-35(3)61-33-79-55)51-28-53(65-78-51)75-22-21-66-19-16-42(17-20-66)76-43-25-44(26-43)77-52-23-38(15-18-60-52)67-29-40-8-6-7-39(67)30-68(40)48-27-46(63-64-56(48)59)45-9-4-5-10-50(45)72/h4-5,9-15,18,23,27-28,33-34,39-44,47,49,54,70-72H,6-8,16-17,19-22,24-26,29-32H2,1-3H3,(H2,59,64)(H,62,73)/t39?,40?,41-,43-,44-,47+,49+,54+/m1/s1. The quantitative estimate of drug-likeness (QED) is 0.0579. The Morgan fingerprint density at radius 1 is 0.886 bits per heavy atom. The van der Waals surface area contributed by atoms with Crippen LogP contribution in [-0.4, -0.2) is 157 Å². The van der Waals surface area contributed by atoms with Crippen molar-refractivity contribution in [2.24, 2.45) is 5.92 Å². The number of nitrogens with two attached hydrogens (primary N) is 1. The monoisotopic (exact) mass is 1100 g/mol. The van der Waals surface area contributed by atoms with E-state index in [-0.39, 0.29) is 73.4 Å². The number of hydrogen-bond acceptors (Lipinski definition) is 19. The first-order valence-corrected chi connectivity index (χ1v) is 28.7. The highest BCUT2D eigenvalue weighted by Gasteiger charge is 2.44. The molecule has 21 heteroatoms. The van der Waals surface area contributed by atoms with Crippen LogP contribution in [0.4, 0.5) is 17.2 Å². The zero-order valence-electron chi connectivity index (χ0n) is 45.0. The van der Waals surface area contributed by atoms with E-state index in [9.17, 15) is 24.9 Å². The Bertz CT molecular complexity index is 3050. The molecule has 20 nitrogen and oxygen atoms in total. The molecule has 1 aliphatic carbocycles. The fraction of sp³-hybridized carbons (Fsp3) is 0.500. The van der Waals surface area contributed by atoms with Crippen molar-refractivity contribution in [1.29, 1.82) is 0 Å². The van der Waals surface area contributed by atoms with Gasteiger partial charge < -0.3 is 59.8 Å². The summed E-state index contributed by atoms with van der Waals surface area (Å²) in [5.41, 5.74) is 14.1. The number of aliphatic hydroxyl groups is 2. The van der Waals surface area contributed by atoms with Crippen LogP contribution >= 0.6 is 11.3 Å². The third-order valence-electron chi connectivity index (χ3n) is 16.5. The summed E-state index contributed by atoms with van der Waals surface area (Å²) in [6.07, 6.45) is 8.07. The summed E-state index contributed by atoms with van der Waals surface area (Å²) in [6.45, 7) is 9.86. The highest BCUT2D eigenvalue weighted by molar-refractivity contribution is 7.13. The number of nitrogens with one attached hydrogen (secondary N) is 1. The number of thiazole rings is 1. The first-order chi connectivity index (χ1) is 38.3. The topological polar surface area (TPSA) is 251 Å². The number of carbonyl (C=O) groups excluding carboxylic acids is 2. The molecule has 0 spiro atoms. The SMILES string of the molecule is Cc1ncsc1-c1ccc([C@H](CO)NC(=O)[C@@H]2C[C@@H](O)CN2C(=O)[C@H](c2cc(OCCN3CCC(O[C@H]4C[C@H](Oc5cc(N6CC7CCCC6CN7c6cc(-c7ccccc7O)nnc6N)ccn5)C4)CC3)no2)C(C)C)cc1. The molecule has 9 heterocycles. The number of nitrogens with zero attached hydrogens (tertiary/aromatic N) is 9. The van der Waals surface area contributed by atoms with Gasteiger partial charge in [0.15, 0.2) is 11.6 Å². The maximum Gasteiger partial charge on any atom is 0.254 e. The first kappa shape index (κ1) is 54.1. The van der Waals surface area contributed by atoms with Gasteiger partial charge in [-0.05, 0) is 85.5 Å². The Balaban J connectivity index is 0.608. The zero-order valence-corrected chi connectivity index (χ0v) is 45.8. The number of aromatic nitrogens is 5. The van der Waals surface area contributed by atoms with Gasteiger partial charge in [0.25, 0.3) is 5.88 Å². The van der Waals surface area contributed by atoms with E-state index < -0.39 is 30.0 Å². The number of rotatable bonds is 19. The van der Waals surface area contributed by atoms with Gasteiger partial charge in [-0.1, -0.05) is 50.2 Å². The van der Waals surface area contributed by atoms with E-state index in [1.807, 2.05) is 69.4 Å². The minimum absolute atomic E-state index is 0.00729. The number of ether oxygens (including phenoxy) is 3. The molecule has 2 unspecified atom stereocenters. The number of phenolic OH excluding ortho intramolecular Hbond substituents is 1. The average Bonchev–Trinajstić information content (AvgIpc) is 4.24. The number of hydrogen-bond donors (Lipinski definition) is 5. The van der Waals surface area contributed by atoms with Gasteiger partial charge in [-0.15, -0.1) is 21.5 Å². The van der Waals surface area contributed by atoms with Crippen molar-refractivity contribution in [3.8, 4) is 39.2 Å². The number of aryl methyl sites for hydroxylation is 1. The Morgan fingerprint density at radius 3 is 2.41 bits per heavy atom. The van der Waals surface area contributed by atoms with Crippen molar-refractivity contribution >= 4 is 40.3 Å². The maximum atomic E-state index is 14.3. The number of phenols is 1. The molecule has 0 radical (unpaired) electrons. The zero-order chi connectivity index (χ0) is 54.7. The second-order valence-electron chi connectivity index (χ2n) is 22.1. The maximum absolute atomic E-state index is 14.3. The number of fused-ring (bicyclic) bond motifs is 4. The number of anilines is 3. The van der Waals surface area contributed by atoms with Crippen molar-refractivity contribution in [3.63, 3.8) is 0 Å². The van der Waals surface area contributed by atoms with Gasteiger partial charge in [0.05, 0.1) is 58.4 Å². The van der Waals surface area contributed by atoms with Gasteiger partial charge in [0.1, 0.15) is 30.4 Å². The number of piperidine rings is 1. The highest BCUT2D eigenvalue weighted by atomic mass is 32.1. The molecule has 2 aromatic carbocycles. The lowest BCUT2D eigenvalue weighted by molar-refractivity contribution is -0.141. The number of carbonyl (C=O) groups is 2. The van der Waals surface area contributed by atoms with Crippen molar-refractivity contribution < 1.29 is 43.6 Å². The van der Waals surface area contributed by atoms with Gasteiger partial charge in [-0.2, -0.15) is 0 Å². The average molecular weight is 1100 g/mol. The molecule has 6 aliphatic rings. The Morgan fingerprint density at radius 2 is 1.66 bits per heavy atom. The molecular weight excluding hydrogens is 1030 g/mol. The minimum atomic E-state index is -0.939.